The summed E-state index contributed by atoms with van der Waals surface area (Å²) >= 11 is 6.08. The molecule has 4 heteroatoms. The van der Waals surface area contributed by atoms with Crippen LogP contribution in [0, 0.1) is 11.6 Å². The van der Waals surface area contributed by atoms with Gasteiger partial charge in [-0.2, -0.15) is 0 Å². The molecule has 0 aliphatic carbocycles. The Bertz CT molecular complexity index is 552. The molecule has 1 atom stereocenters. The Hall–Kier alpha value is -1.45. The summed E-state index contributed by atoms with van der Waals surface area (Å²) in [4.78, 5) is 0. The van der Waals surface area contributed by atoms with Gasteiger partial charge in [-0.3, -0.25) is 0 Å². The van der Waals surface area contributed by atoms with Gasteiger partial charge in [0.2, 0.25) is 0 Å². The zero-order valence-corrected chi connectivity index (χ0v) is 11.2. The Balaban J connectivity index is 2.51. The summed E-state index contributed by atoms with van der Waals surface area (Å²) in [6, 6.07) is 10.2. The molecule has 19 heavy (non-hydrogen) atoms. The molecule has 2 rings (SSSR count). The molecule has 1 N–H and O–H groups in total. The van der Waals surface area contributed by atoms with E-state index in [4.69, 9.17) is 11.6 Å². The molecule has 0 aromatic heterocycles. The van der Waals surface area contributed by atoms with Crippen molar-refractivity contribution in [1.29, 1.82) is 0 Å². The van der Waals surface area contributed by atoms with Crippen LogP contribution in [0.2, 0.25) is 5.02 Å². The molecule has 0 radical (unpaired) electrons. The summed E-state index contributed by atoms with van der Waals surface area (Å²) < 4.78 is 27.3. The maximum absolute atomic E-state index is 14.0. The Kier molecular flexibility index (Phi) is 4.51. The van der Waals surface area contributed by atoms with Crippen molar-refractivity contribution < 1.29 is 8.78 Å². The molecule has 100 valence electrons. The number of hydrogen-bond donors (Lipinski definition) is 1. The van der Waals surface area contributed by atoms with Crippen molar-refractivity contribution in [3.05, 3.63) is 70.2 Å². The van der Waals surface area contributed by atoms with E-state index in [9.17, 15) is 8.78 Å². The summed E-state index contributed by atoms with van der Waals surface area (Å²) in [6.07, 6.45) is 0. The number of hydrogen-bond acceptors (Lipinski definition) is 1. The molecule has 0 saturated heterocycles. The number of rotatable bonds is 4. The van der Waals surface area contributed by atoms with Gasteiger partial charge in [0, 0.05) is 10.6 Å². The lowest BCUT2D eigenvalue weighted by molar-refractivity contribution is 0.555. The predicted molar refractivity (Wildman–Crippen MR) is 73.3 cm³/mol. The second-order valence-corrected chi connectivity index (χ2v) is 4.59. The minimum absolute atomic E-state index is 0.329. The molecule has 2 aromatic rings. The van der Waals surface area contributed by atoms with Crippen LogP contribution in [0.25, 0.3) is 0 Å². The van der Waals surface area contributed by atoms with Crippen molar-refractivity contribution in [3.63, 3.8) is 0 Å². The Morgan fingerprint density at radius 1 is 1.16 bits per heavy atom. The van der Waals surface area contributed by atoms with E-state index < -0.39 is 11.9 Å². The second-order valence-electron chi connectivity index (χ2n) is 4.18. The highest BCUT2D eigenvalue weighted by Crippen LogP contribution is 2.30. The van der Waals surface area contributed by atoms with Crippen molar-refractivity contribution in [2.24, 2.45) is 0 Å². The zero-order chi connectivity index (χ0) is 13.8. The molecule has 0 saturated carbocycles. The Morgan fingerprint density at radius 3 is 2.53 bits per heavy atom. The lowest BCUT2D eigenvalue weighted by atomic mass is 9.98. The highest BCUT2D eigenvalue weighted by molar-refractivity contribution is 6.31. The van der Waals surface area contributed by atoms with Crippen molar-refractivity contribution in [3.8, 4) is 0 Å². The molecular weight excluding hydrogens is 268 g/mol. The Morgan fingerprint density at radius 2 is 1.89 bits per heavy atom. The van der Waals surface area contributed by atoms with Crippen molar-refractivity contribution in [2.45, 2.75) is 13.0 Å². The highest BCUT2D eigenvalue weighted by atomic mass is 35.5. The standard InChI is InChI=1S/C15H14ClF2N/c1-2-19-15(10-5-3-6-11(17)9-10)14-12(16)7-4-8-13(14)18/h3-9,15,19H,2H2,1H3. The fourth-order valence-electron chi connectivity index (χ4n) is 2.06. The van der Waals surface area contributed by atoms with Gasteiger partial charge in [0.25, 0.3) is 0 Å². The minimum Gasteiger partial charge on any atom is -0.306 e. The largest absolute Gasteiger partial charge is 0.306 e. The van der Waals surface area contributed by atoms with Crippen LogP contribution in [-0.4, -0.2) is 6.54 Å². The summed E-state index contributed by atoms with van der Waals surface area (Å²) in [5.41, 5.74) is 0.991. The van der Waals surface area contributed by atoms with Crippen molar-refractivity contribution in [1.82, 2.24) is 5.32 Å². The lowest BCUT2D eigenvalue weighted by Gasteiger charge is -2.20. The third-order valence-electron chi connectivity index (χ3n) is 2.88. The van der Waals surface area contributed by atoms with Crippen LogP contribution < -0.4 is 5.32 Å². The smallest absolute Gasteiger partial charge is 0.129 e. The van der Waals surface area contributed by atoms with Gasteiger partial charge in [0.1, 0.15) is 11.6 Å². The molecular formula is C15H14ClF2N. The summed E-state index contributed by atoms with van der Waals surface area (Å²) in [6.45, 7) is 2.52. The van der Waals surface area contributed by atoms with Crippen molar-refractivity contribution >= 4 is 11.6 Å². The quantitative estimate of drug-likeness (QED) is 0.880. The molecule has 0 heterocycles. The fraction of sp³-hybridized carbons (Fsp3) is 0.200. The van der Waals surface area contributed by atoms with Crippen LogP contribution in [0.1, 0.15) is 24.1 Å². The minimum atomic E-state index is -0.464. The molecule has 0 fully saturated rings. The van der Waals surface area contributed by atoms with Crippen molar-refractivity contribution in [2.75, 3.05) is 6.54 Å². The van der Waals surface area contributed by atoms with E-state index in [1.54, 1.807) is 24.3 Å². The molecule has 0 amide bonds. The molecule has 1 unspecified atom stereocenters. The Labute approximate surface area is 116 Å². The maximum Gasteiger partial charge on any atom is 0.129 e. The molecule has 1 nitrogen and oxygen atoms in total. The highest BCUT2D eigenvalue weighted by Gasteiger charge is 2.20. The molecule has 0 aliphatic heterocycles. The third kappa shape index (κ3) is 3.11. The van der Waals surface area contributed by atoms with E-state index in [-0.39, 0.29) is 5.82 Å². The second kappa shape index (κ2) is 6.13. The topological polar surface area (TPSA) is 12.0 Å². The average molecular weight is 282 g/mol. The maximum atomic E-state index is 14.0. The van der Waals surface area contributed by atoms with Gasteiger partial charge < -0.3 is 5.32 Å². The van der Waals surface area contributed by atoms with Gasteiger partial charge in [-0.05, 0) is 36.4 Å². The van der Waals surface area contributed by atoms with Crippen LogP contribution >= 0.6 is 11.6 Å². The third-order valence-corrected chi connectivity index (χ3v) is 3.21. The van der Waals surface area contributed by atoms with E-state index in [0.717, 1.165) is 0 Å². The van der Waals surface area contributed by atoms with E-state index in [1.165, 1.54) is 18.2 Å². The fourth-order valence-corrected chi connectivity index (χ4v) is 2.34. The van der Waals surface area contributed by atoms with Gasteiger partial charge in [-0.1, -0.05) is 36.7 Å². The summed E-state index contributed by atoms with van der Waals surface area (Å²) in [5.74, 6) is -0.754. The van der Waals surface area contributed by atoms with Crippen LogP contribution in [0.3, 0.4) is 0 Å². The number of halogens is 3. The van der Waals surface area contributed by atoms with Gasteiger partial charge in [-0.15, -0.1) is 0 Å². The van der Waals surface area contributed by atoms with Crippen LogP contribution in [0.15, 0.2) is 42.5 Å². The zero-order valence-electron chi connectivity index (χ0n) is 10.5. The first kappa shape index (κ1) is 14.0. The van der Waals surface area contributed by atoms with Crippen LogP contribution in [0.5, 0.6) is 0 Å². The molecule has 0 spiro atoms. The number of nitrogens with one attached hydrogen (secondary N) is 1. The van der Waals surface area contributed by atoms with Gasteiger partial charge in [0.15, 0.2) is 0 Å². The van der Waals surface area contributed by atoms with Crippen LogP contribution in [-0.2, 0) is 0 Å². The van der Waals surface area contributed by atoms with Gasteiger partial charge in [0.05, 0.1) is 6.04 Å². The van der Waals surface area contributed by atoms with E-state index in [1.807, 2.05) is 6.92 Å². The number of benzene rings is 2. The van der Waals surface area contributed by atoms with Gasteiger partial charge in [-0.25, -0.2) is 8.78 Å². The molecule has 0 aliphatic rings. The van der Waals surface area contributed by atoms with E-state index in [0.29, 0.717) is 22.7 Å². The predicted octanol–water partition coefficient (Wildman–Crippen LogP) is 4.32. The first-order chi connectivity index (χ1) is 9.13. The van der Waals surface area contributed by atoms with E-state index >= 15 is 0 Å². The first-order valence-corrected chi connectivity index (χ1v) is 6.44. The lowest BCUT2D eigenvalue weighted by Crippen LogP contribution is -2.23. The van der Waals surface area contributed by atoms with Gasteiger partial charge >= 0.3 is 0 Å². The SMILES string of the molecule is CCNC(c1cccc(F)c1)c1c(F)cccc1Cl. The summed E-state index contributed by atoms with van der Waals surface area (Å²) in [5, 5.41) is 3.46. The van der Waals surface area contributed by atoms with E-state index in [2.05, 4.69) is 5.32 Å². The molecule has 0 bridgehead atoms. The monoisotopic (exact) mass is 281 g/mol. The average Bonchev–Trinajstić information content (AvgIpc) is 2.37. The normalized spacial score (nSPS) is 12.4. The summed E-state index contributed by atoms with van der Waals surface area (Å²) in [7, 11) is 0. The first-order valence-electron chi connectivity index (χ1n) is 6.06. The van der Waals surface area contributed by atoms with Crippen LogP contribution in [0.4, 0.5) is 8.78 Å². The molecule has 2 aromatic carbocycles.